The summed E-state index contributed by atoms with van der Waals surface area (Å²) in [6.07, 6.45) is -0.312. The summed E-state index contributed by atoms with van der Waals surface area (Å²) in [4.78, 5) is 45.3. The number of hydrogen-bond acceptors (Lipinski definition) is 6. The summed E-state index contributed by atoms with van der Waals surface area (Å²) in [6.45, 7) is 0. The van der Waals surface area contributed by atoms with Crippen LogP contribution in [0.25, 0.3) is 0 Å². The second kappa shape index (κ2) is 3.80. The van der Waals surface area contributed by atoms with E-state index in [1.54, 1.807) is 0 Å². The van der Waals surface area contributed by atoms with Gasteiger partial charge in [-0.1, -0.05) is 0 Å². The van der Waals surface area contributed by atoms with E-state index >= 15 is 0 Å². The van der Waals surface area contributed by atoms with Gasteiger partial charge < -0.3 is 9.47 Å². The van der Waals surface area contributed by atoms with E-state index in [2.05, 4.69) is 9.47 Å². The Bertz CT molecular complexity index is 327. The van der Waals surface area contributed by atoms with Crippen molar-refractivity contribution in [1.29, 1.82) is 0 Å². The van der Waals surface area contributed by atoms with Crippen LogP contribution in [-0.4, -0.2) is 37.7 Å². The molecule has 1 aliphatic carbocycles. The lowest BCUT2D eigenvalue weighted by atomic mass is 9.85. The standard InChI is InChI=1S/C9H10O6/c1-14-7(12)9(8(13)15-2)4-3-5(10)6(9)11/h3-4H2,1-2H3. The number of ketones is 2. The van der Waals surface area contributed by atoms with Crippen LogP contribution in [0, 0.1) is 5.41 Å². The molecule has 1 saturated carbocycles. The number of Topliss-reactive ketones (excluding diaryl/α,β-unsaturated/α-hetero) is 2. The Morgan fingerprint density at radius 2 is 1.60 bits per heavy atom. The maximum absolute atomic E-state index is 11.5. The lowest BCUT2D eigenvalue weighted by molar-refractivity contribution is -0.171. The van der Waals surface area contributed by atoms with E-state index in [0.29, 0.717) is 0 Å². The topological polar surface area (TPSA) is 86.7 Å². The third-order valence-electron chi connectivity index (χ3n) is 2.44. The van der Waals surface area contributed by atoms with Crippen LogP contribution in [0.1, 0.15) is 12.8 Å². The first-order chi connectivity index (χ1) is 7.00. The predicted molar refractivity (Wildman–Crippen MR) is 45.7 cm³/mol. The molecular weight excluding hydrogens is 204 g/mol. The second-order valence-electron chi connectivity index (χ2n) is 3.14. The largest absolute Gasteiger partial charge is 0.468 e. The van der Waals surface area contributed by atoms with Crippen molar-refractivity contribution in [2.24, 2.45) is 5.41 Å². The molecule has 0 aromatic heterocycles. The molecule has 0 atom stereocenters. The fourth-order valence-corrected chi connectivity index (χ4v) is 1.59. The van der Waals surface area contributed by atoms with Crippen LogP contribution in [0.3, 0.4) is 0 Å². The van der Waals surface area contributed by atoms with Gasteiger partial charge in [-0.05, 0) is 6.42 Å². The third-order valence-corrected chi connectivity index (χ3v) is 2.44. The molecule has 1 fully saturated rings. The van der Waals surface area contributed by atoms with Crippen LogP contribution in [0.4, 0.5) is 0 Å². The molecule has 82 valence electrons. The summed E-state index contributed by atoms with van der Waals surface area (Å²) in [5, 5.41) is 0. The van der Waals surface area contributed by atoms with E-state index in [9.17, 15) is 19.2 Å². The summed E-state index contributed by atoms with van der Waals surface area (Å²) < 4.78 is 8.73. The summed E-state index contributed by atoms with van der Waals surface area (Å²) in [7, 11) is 2.09. The summed E-state index contributed by atoms with van der Waals surface area (Å²) >= 11 is 0. The second-order valence-corrected chi connectivity index (χ2v) is 3.14. The van der Waals surface area contributed by atoms with Gasteiger partial charge in [0.25, 0.3) is 0 Å². The van der Waals surface area contributed by atoms with Gasteiger partial charge in [-0.25, -0.2) is 0 Å². The van der Waals surface area contributed by atoms with Crippen molar-refractivity contribution in [2.75, 3.05) is 14.2 Å². The van der Waals surface area contributed by atoms with E-state index in [-0.39, 0.29) is 12.8 Å². The SMILES string of the molecule is COC(=O)C1(C(=O)OC)CCC(=O)C1=O. The molecule has 15 heavy (non-hydrogen) atoms. The van der Waals surface area contributed by atoms with E-state index in [1.165, 1.54) is 0 Å². The van der Waals surface area contributed by atoms with Gasteiger partial charge >= 0.3 is 11.9 Å². The molecule has 0 heterocycles. The van der Waals surface area contributed by atoms with Crippen molar-refractivity contribution in [3.8, 4) is 0 Å². The number of carbonyl (C=O) groups excluding carboxylic acids is 4. The fraction of sp³-hybridized carbons (Fsp3) is 0.556. The molecule has 6 heteroatoms. The van der Waals surface area contributed by atoms with Crippen LogP contribution in [-0.2, 0) is 28.7 Å². The number of esters is 2. The van der Waals surface area contributed by atoms with E-state index in [1.807, 2.05) is 0 Å². The highest BCUT2D eigenvalue weighted by atomic mass is 16.5. The first-order valence-corrected chi connectivity index (χ1v) is 4.25. The van der Waals surface area contributed by atoms with Crippen molar-refractivity contribution in [1.82, 2.24) is 0 Å². The number of ether oxygens (including phenoxy) is 2. The van der Waals surface area contributed by atoms with Crippen molar-refractivity contribution in [3.63, 3.8) is 0 Å². The minimum absolute atomic E-state index is 0.136. The first kappa shape index (κ1) is 11.4. The highest BCUT2D eigenvalue weighted by Gasteiger charge is 2.61. The van der Waals surface area contributed by atoms with Gasteiger partial charge in [0.1, 0.15) is 0 Å². The van der Waals surface area contributed by atoms with Crippen molar-refractivity contribution in [3.05, 3.63) is 0 Å². The van der Waals surface area contributed by atoms with Gasteiger partial charge in [-0.3, -0.25) is 19.2 Å². The zero-order chi connectivity index (χ0) is 11.6. The quantitative estimate of drug-likeness (QED) is 0.341. The molecule has 0 bridgehead atoms. The molecule has 6 nitrogen and oxygen atoms in total. The zero-order valence-electron chi connectivity index (χ0n) is 8.36. The molecule has 0 radical (unpaired) electrons. The average Bonchev–Trinajstić information content (AvgIpc) is 2.55. The highest BCUT2D eigenvalue weighted by molar-refractivity contribution is 6.49. The summed E-state index contributed by atoms with van der Waals surface area (Å²) in [6, 6.07) is 0. The lowest BCUT2D eigenvalue weighted by Crippen LogP contribution is -2.46. The maximum atomic E-state index is 11.5. The number of carbonyl (C=O) groups is 4. The van der Waals surface area contributed by atoms with Crippen molar-refractivity contribution < 1.29 is 28.7 Å². The number of rotatable bonds is 2. The Balaban J connectivity index is 3.20. The molecule has 0 aromatic carbocycles. The Kier molecular flexibility index (Phi) is 2.88. The molecule has 0 aliphatic heterocycles. The lowest BCUT2D eigenvalue weighted by Gasteiger charge is -2.19. The number of methoxy groups -OCH3 is 2. The van der Waals surface area contributed by atoms with E-state index in [0.717, 1.165) is 14.2 Å². The Morgan fingerprint density at radius 3 is 1.87 bits per heavy atom. The normalized spacial score (nSPS) is 18.8. The molecule has 0 N–H and O–H groups in total. The van der Waals surface area contributed by atoms with Gasteiger partial charge in [0, 0.05) is 6.42 Å². The Morgan fingerprint density at radius 1 is 1.13 bits per heavy atom. The summed E-state index contributed by atoms with van der Waals surface area (Å²) in [5.41, 5.74) is -2.07. The van der Waals surface area contributed by atoms with Crippen molar-refractivity contribution in [2.45, 2.75) is 12.8 Å². The minimum Gasteiger partial charge on any atom is -0.468 e. The molecule has 0 aromatic rings. The molecule has 1 rings (SSSR count). The highest BCUT2D eigenvalue weighted by Crippen LogP contribution is 2.35. The van der Waals surface area contributed by atoms with Crippen LogP contribution < -0.4 is 0 Å². The van der Waals surface area contributed by atoms with E-state index in [4.69, 9.17) is 0 Å². The van der Waals surface area contributed by atoms with Crippen LogP contribution in [0.15, 0.2) is 0 Å². The van der Waals surface area contributed by atoms with E-state index < -0.39 is 28.9 Å². The first-order valence-electron chi connectivity index (χ1n) is 4.25. The molecular formula is C9H10O6. The van der Waals surface area contributed by atoms with Crippen LogP contribution >= 0.6 is 0 Å². The van der Waals surface area contributed by atoms with Gasteiger partial charge in [0.15, 0.2) is 5.78 Å². The van der Waals surface area contributed by atoms with Gasteiger partial charge in [-0.2, -0.15) is 0 Å². The van der Waals surface area contributed by atoms with Crippen LogP contribution in [0.5, 0.6) is 0 Å². The molecule has 0 spiro atoms. The Hall–Kier alpha value is -1.72. The molecule has 0 saturated heterocycles. The van der Waals surface area contributed by atoms with Gasteiger partial charge in [0.05, 0.1) is 14.2 Å². The smallest absolute Gasteiger partial charge is 0.331 e. The average molecular weight is 214 g/mol. The molecule has 0 amide bonds. The minimum atomic E-state index is -2.07. The summed E-state index contributed by atoms with van der Waals surface area (Å²) in [5.74, 6) is -3.86. The Labute approximate surface area is 85.5 Å². The molecule has 0 unspecified atom stereocenters. The van der Waals surface area contributed by atoms with Crippen molar-refractivity contribution >= 4 is 23.5 Å². The van der Waals surface area contributed by atoms with Gasteiger partial charge in [-0.15, -0.1) is 0 Å². The number of hydrogen-bond donors (Lipinski definition) is 0. The molecule has 1 aliphatic rings. The van der Waals surface area contributed by atoms with Crippen LogP contribution in [0.2, 0.25) is 0 Å². The monoisotopic (exact) mass is 214 g/mol. The maximum Gasteiger partial charge on any atom is 0.331 e. The predicted octanol–water partition coefficient (Wildman–Crippen LogP) is -0.749. The fourth-order valence-electron chi connectivity index (χ4n) is 1.59. The van der Waals surface area contributed by atoms with Gasteiger partial charge in [0.2, 0.25) is 11.2 Å². The third kappa shape index (κ3) is 1.42. The zero-order valence-corrected chi connectivity index (χ0v) is 8.36.